The van der Waals surface area contributed by atoms with E-state index in [2.05, 4.69) is 26.2 Å². The fraction of sp³-hybridized carbons (Fsp3) is 0.304. The normalized spacial score (nSPS) is 17.0. The van der Waals surface area contributed by atoms with Gasteiger partial charge in [0.15, 0.2) is 5.72 Å². The number of benzene rings is 2. The predicted molar refractivity (Wildman–Crippen MR) is 122 cm³/mol. The van der Waals surface area contributed by atoms with E-state index in [9.17, 15) is 9.59 Å². The molecule has 8 nitrogen and oxygen atoms in total. The third-order valence-electron chi connectivity index (χ3n) is 6.08. The van der Waals surface area contributed by atoms with E-state index in [0.29, 0.717) is 60.0 Å². The van der Waals surface area contributed by atoms with Crippen molar-refractivity contribution in [1.29, 1.82) is 0 Å². The molecule has 0 unspecified atom stereocenters. The topological polar surface area (TPSA) is 92.9 Å². The number of fused-ring (bicyclic) bond motifs is 2. The van der Waals surface area contributed by atoms with Crippen molar-refractivity contribution in [2.75, 3.05) is 27.3 Å². The zero-order valence-corrected chi connectivity index (χ0v) is 19.2. The first-order valence-corrected chi connectivity index (χ1v) is 11.1. The Kier molecular flexibility index (Phi) is 5.00. The van der Waals surface area contributed by atoms with Crippen LogP contribution in [0.4, 0.5) is 0 Å². The Morgan fingerprint density at radius 1 is 1.09 bits per heavy atom. The van der Waals surface area contributed by atoms with Crippen molar-refractivity contribution in [3.8, 4) is 17.2 Å². The van der Waals surface area contributed by atoms with Gasteiger partial charge in [-0.3, -0.25) is 9.59 Å². The number of hydrogen-bond acceptors (Lipinski definition) is 5. The number of nitrogens with zero attached hydrogens (tertiary/aromatic N) is 1. The van der Waals surface area contributed by atoms with Crippen molar-refractivity contribution in [2.45, 2.75) is 18.6 Å². The van der Waals surface area contributed by atoms with E-state index in [1.165, 1.54) is 0 Å². The maximum absolute atomic E-state index is 13.2. The highest BCUT2D eigenvalue weighted by atomic mass is 79.9. The predicted octanol–water partition coefficient (Wildman–Crippen LogP) is 3.70. The molecule has 3 heterocycles. The molecule has 1 saturated heterocycles. The number of hydrogen-bond donors (Lipinski definition) is 2. The van der Waals surface area contributed by atoms with Crippen LogP contribution in [0.1, 0.15) is 33.7 Å². The van der Waals surface area contributed by atoms with Crippen molar-refractivity contribution in [3.05, 3.63) is 52.1 Å². The van der Waals surface area contributed by atoms with Crippen molar-refractivity contribution < 1.29 is 23.8 Å². The van der Waals surface area contributed by atoms with E-state index < -0.39 is 5.72 Å². The van der Waals surface area contributed by atoms with E-state index in [1.54, 1.807) is 43.4 Å². The van der Waals surface area contributed by atoms with Gasteiger partial charge in [-0.2, -0.15) is 0 Å². The van der Waals surface area contributed by atoms with Gasteiger partial charge in [-0.05, 0) is 36.4 Å². The second-order valence-electron chi connectivity index (χ2n) is 7.92. The van der Waals surface area contributed by atoms with Crippen molar-refractivity contribution in [2.24, 2.45) is 0 Å². The van der Waals surface area contributed by atoms with Crippen LogP contribution in [-0.2, 0) is 0 Å². The van der Waals surface area contributed by atoms with Crippen LogP contribution in [0.2, 0.25) is 0 Å². The maximum Gasteiger partial charge on any atom is 0.270 e. The van der Waals surface area contributed by atoms with Gasteiger partial charge in [0.1, 0.15) is 22.9 Å². The first-order valence-electron chi connectivity index (χ1n) is 10.3. The van der Waals surface area contributed by atoms with Crippen LogP contribution in [0.3, 0.4) is 0 Å². The number of ether oxygens (including phenoxy) is 3. The summed E-state index contributed by atoms with van der Waals surface area (Å²) >= 11 is 3.38. The van der Waals surface area contributed by atoms with Crippen LogP contribution in [0.25, 0.3) is 10.9 Å². The van der Waals surface area contributed by atoms with Crippen LogP contribution in [0.15, 0.2) is 40.9 Å². The minimum atomic E-state index is -0.804. The summed E-state index contributed by atoms with van der Waals surface area (Å²) in [6.07, 6.45) is 0.986. The fourth-order valence-corrected chi connectivity index (χ4v) is 4.74. The summed E-state index contributed by atoms with van der Waals surface area (Å²) in [5.74, 6) is 1.58. The zero-order valence-electron chi connectivity index (χ0n) is 17.7. The van der Waals surface area contributed by atoms with Crippen LogP contribution in [-0.4, -0.2) is 54.7 Å². The van der Waals surface area contributed by atoms with Gasteiger partial charge in [-0.1, -0.05) is 15.9 Å². The lowest BCUT2D eigenvalue weighted by Crippen LogP contribution is -2.61. The number of H-pyrrole nitrogens is 1. The molecule has 1 spiro atoms. The highest BCUT2D eigenvalue weighted by molar-refractivity contribution is 9.10. The number of aromatic nitrogens is 1. The Morgan fingerprint density at radius 2 is 1.81 bits per heavy atom. The minimum Gasteiger partial charge on any atom is -0.496 e. The molecular weight excluding hydrogens is 478 g/mol. The number of piperidine rings is 1. The van der Waals surface area contributed by atoms with Crippen molar-refractivity contribution >= 4 is 38.6 Å². The molecule has 3 aromatic rings. The molecule has 0 radical (unpaired) electrons. The van der Waals surface area contributed by atoms with Crippen LogP contribution >= 0.6 is 15.9 Å². The number of carbonyl (C=O) groups excluding carboxylic acids is 2. The molecule has 32 heavy (non-hydrogen) atoms. The lowest BCUT2D eigenvalue weighted by molar-refractivity contribution is -0.0246. The number of aromatic amines is 1. The van der Waals surface area contributed by atoms with Gasteiger partial charge in [-0.25, -0.2) is 0 Å². The quantitative estimate of drug-likeness (QED) is 0.572. The summed E-state index contributed by atoms with van der Waals surface area (Å²) in [4.78, 5) is 30.8. The number of carbonyl (C=O) groups is 2. The van der Waals surface area contributed by atoms with Gasteiger partial charge in [0, 0.05) is 35.8 Å². The Labute approximate surface area is 192 Å². The van der Waals surface area contributed by atoms with Gasteiger partial charge < -0.3 is 29.4 Å². The third-order valence-corrected chi connectivity index (χ3v) is 6.57. The van der Waals surface area contributed by atoms with Gasteiger partial charge in [0.05, 0.1) is 25.3 Å². The molecule has 1 fully saturated rings. The number of rotatable bonds is 3. The largest absolute Gasteiger partial charge is 0.496 e. The van der Waals surface area contributed by atoms with Crippen molar-refractivity contribution in [1.82, 2.24) is 15.2 Å². The summed E-state index contributed by atoms with van der Waals surface area (Å²) < 4.78 is 17.9. The molecule has 1 aromatic heterocycles. The summed E-state index contributed by atoms with van der Waals surface area (Å²) in [7, 11) is 3.18. The van der Waals surface area contributed by atoms with Crippen LogP contribution < -0.4 is 19.5 Å². The number of halogens is 1. The molecule has 0 saturated carbocycles. The summed E-state index contributed by atoms with van der Waals surface area (Å²) in [6.45, 7) is 0.906. The lowest BCUT2D eigenvalue weighted by atomic mass is 9.96. The zero-order chi connectivity index (χ0) is 22.5. The molecule has 2 amide bonds. The Morgan fingerprint density at radius 3 is 2.53 bits per heavy atom. The molecule has 2 aliphatic rings. The molecule has 166 valence electrons. The molecule has 5 rings (SSSR count). The van der Waals surface area contributed by atoms with Crippen LogP contribution in [0.5, 0.6) is 17.2 Å². The summed E-state index contributed by atoms with van der Waals surface area (Å²) in [5.41, 5.74) is 0.878. The highest BCUT2D eigenvalue weighted by Crippen LogP contribution is 2.36. The summed E-state index contributed by atoms with van der Waals surface area (Å²) in [5, 5.41) is 3.79. The number of amides is 2. The number of methoxy groups -OCH3 is 2. The third kappa shape index (κ3) is 3.37. The second kappa shape index (κ2) is 7.74. The van der Waals surface area contributed by atoms with E-state index in [0.717, 1.165) is 9.86 Å². The van der Waals surface area contributed by atoms with Gasteiger partial charge in [0.2, 0.25) is 0 Å². The van der Waals surface area contributed by atoms with E-state index in [1.807, 2.05) is 12.1 Å². The Hall–Kier alpha value is -3.20. The standard InChI is InChI=1S/C23H22BrN3O5/c1-30-17-5-6-19(31-2)20-14(17)12-16(25-20)22(29)27-9-7-23(8-10-27)26-21(28)15-11-13(24)3-4-18(15)32-23/h3-6,11-12,25H,7-10H2,1-2H3,(H,26,28). The molecule has 2 N–H and O–H groups in total. The molecule has 9 heteroatoms. The minimum absolute atomic E-state index is 0.119. The molecule has 0 aliphatic carbocycles. The molecule has 0 atom stereocenters. The van der Waals surface area contributed by atoms with Gasteiger partial charge >= 0.3 is 0 Å². The van der Waals surface area contributed by atoms with Gasteiger partial charge in [0.25, 0.3) is 11.8 Å². The van der Waals surface area contributed by atoms with E-state index >= 15 is 0 Å². The Balaban J connectivity index is 1.35. The highest BCUT2D eigenvalue weighted by Gasteiger charge is 2.43. The Bertz CT molecular complexity index is 1190. The first-order chi connectivity index (χ1) is 15.4. The van der Waals surface area contributed by atoms with E-state index in [-0.39, 0.29) is 11.8 Å². The monoisotopic (exact) mass is 499 g/mol. The molecule has 2 aliphatic heterocycles. The number of likely N-dealkylation sites (tertiary alicyclic amines) is 1. The molecular formula is C23H22BrN3O5. The molecule has 0 bridgehead atoms. The number of nitrogens with one attached hydrogen (secondary N) is 2. The average molecular weight is 500 g/mol. The second-order valence-corrected chi connectivity index (χ2v) is 8.84. The lowest BCUT2D eigenvalue weighted by Gasteiger charge is -2.44. The summed E-state index contributed by atoms with van der Waals surface area (Å²) in [6, 6.07) is 10.8. The van der Waals surface area contributed by atoms with Crippen molar-refractivity contribution in [3.63, 3.8) is 0 Å². The smallest absolute Gasteiger partial charge is 0.270 e. The SMILES string of the molecule is COc1ccc(OC)c2[nH]c(C(=O)N3CCC4(CC3)NC(=O)c3cc(Br)ccc3O4)cc12. The molecule has 2 aromatic carbocycles. The van der Waals surface area contributed by atoms with Gasteiger partial charge in [-0.15, -0.1) is 0 Å². The van der Waals surface area contributed by atoms with E-state index in [4.69, 9.17) is 14.2 Å². The maximum atomic E-state index is 13.2. The van der Waals surface area contributed by atoms with Crippen LogP contribution in [0, 0.1) is 0 Å². The average Bonchev–Trinajstić information content (AvgIpc) is 3.25. The first kappa shape index (κ1) is 20.7. The fourth-order valence-electron chi connectivity index (χ4n) is 4.38.